The zero-order valence-electron chi connectivity index (χ0n) is 11.0. The van der Waals surface area contributed by atoms with Crippen LogP contribution in [0.1, 0.15) is 37.8 Å². The molecule has 0 fully saturated rings. The first-order chi connectivity index (χ1) is 8.58. The van der Waals surface area contributed by atoms with Gasteiger partial charge in [0.05, 0.1) is 6.61 Å². The standard InChI is InChI=1S/C15H20Cl2O/c1-10(2)14(17)5-3-4-11-8-13(16)9-12-6-7-18-15(11)12/h8-10,14H,3-7H2,1-2H3. The monoisotopic (exact) mass is 286 g/mol. The van der Waals surface area contributed by atoms with Crippen molar-refractivity contribution in [3.8, 4) is 5.75 Å². The summed E-state index contributed by atoms with van der Waals surface area (Å²) in [5, 5.41) is 1.08. The molecule has 1 aromatic carbocycles. The molecule has 0 saturated heterocycles. The molecule has 2 rings (SSSR count). The van der Waals surface area contributed by atoms with Crippen molar-refractivity contribution in [2.24, 2.45) is 5.92 Å². The predicted molar refractivity (Wildman–Crippen MR) is 78.1 cm³/mol. The van der Waals surface area contributed by atoms with E-state index in [4.69, 9.17) is 27.9 Å². The normalized spacial score (nSPS) is 15.6. The van der Waals surface area contributed by atoms with Gasteiger partial charge in [-0.25, -0.2) is 0 Å². The molecule has 0 spiro atoms. The van der Waals surface area contributed by atoms with E-state index in [1.54, 1.807) is 0 Å². The van der Waals surface area contributed by atoms with Crippen LogP contribution in [0.15, 0.2) is 12.1 Å². The van der Waals surface area contributed by atoms with Crippen LogP contribution < -0.4 is 4.74 Å². The first-order valence-electron chi connectivity index (χ1n) is 6.66. The molecule has 1 nitrogen and oxygen atoms in total. The van der Waals surface area contributed by atoms with Crippen molar-refractivity contribution in [1.82, 2.24) is 0 Å². The van der Waals surface area contributed by atoms with Crippen molar-refractivity contribution < 1.29 is 4.74 Å². The van der Waals surface area contributed by atoms with E-state index in [2.05, 4.69) is 13.8 Å². The fraction of sp³-hybridized carbons (Fsp3) is 0.600. The topological polar surface area (TPSA) is 9.23 Å². The van der Waals surface area contributed by atoms with Crippen molar-refractivity contribution in [1.29, 1.82) is 0 Å². The predicted octanol–water partition coefficient (Wildman–Crippen LogP) is 4.86. The summed E-state index contributed by atoms with van der Waals surface area (Å²) in [6, 6.07) is 4.05. The summed E-state index contributed by atoms with van der Waals surface area (Å²) >= 11 is 12.4. The van der Waals surface area contributed by atoms with E-state index in [-0.39, 0.29) is 5.38 Å². The fourth-order valence-corrected chi connectivity index (χ4v) is 2.77. The highest BCUT2D eigenvalue weighted by Crippen LogP contribution is 2.34. The van der Waals surface area contributed by atoms with Gasteiger partial charge in [-0.05, 0) is 48.4 Å². The van der Waals surface area contributed by atoms with Crippen LogP contribution in [0.3, 0.4) is 0 Å². The van der Waals surface area contributed by atoms with Gasteiger partial charge < -0.3 is 4.74 Å². The summed E-state index contributed by atoms with van der Waals surface area (Å²) in [6.45, 7) is 5.11. The van der Waals surface area contributed by atoms with Gasteiger partial charge in [0.25, 0.3) is 0 Å². The highest BCUT2D eigenvalue weighted by Gasteiger charge is 2.18. The van der Waals surface area contributed by atoms with Gasteiger partial charge in [0, 0.05) is 16.8 Å². The number of halogens is 2. The number of hydrogen-bond acceptors (Lipinski definition) is 1. The minimum absolute atomic E-state index is 0.262. The highest BCUT2D eigenvalue weighted by atomic mass is 35.5. The van der Waals surface area contributed by atoms with Crippen LogP contribution in [0, 0.1) is 5.92 Å². The van der Waals surface area contributed by atoms with Gasteiger partial charge in [-0.2, -0.15) is 0 Å². The molecule has 1 aliphatic rings. The molecule has 0 aliphatic carbocycles. The second kappa shape index (κ2) is 6.16. The molecule has 0 saturated carbocycles. The quantitative estimate of drug-likeness (QED) is 0.703. The Morgan fingerprint density at radius 1 is 1.33 bits per heavy atom. The maximum Gasteiger partial charge on any atom is 0.125 e. The average molecular weight is 287 g/mol. The van der Waals surface area contributed by atoms with E-state index < -0.39 is 0 Å². The SMILES string of the molecule is CC(C)C(Cl)CCCc1cc(Cl)cc2c1OCC2. The Hall–Kier alpha value is -0.400. The molecule has 0 radical (unpaired) electrons. The van der Waals surface area contributed by atoms with Crippen LogP contribution in [0.5, 0.6) is 5.75 Å². The number of hydrogen-bond donors (Lipinski definition) is 0. The largest absolute Gasteiger partial charge is 0.493 e. The van der Waals surface area contributed by atoms with Gasteiger partial charge in [0.2, 0.25) is 0 Å². The molecule has 1 atom stereocenters. The number of ether oxygens (including phenoxy) is 1. The third kappa shape index (κ3) is 3.33. The lowest BCUT2D eigenvalue weighted by Gasteiger charge is -2.14. The second-order valence-corrected chi connectivity index (χ2v) is 6.30. The Bertz CT molecular complexity index is 415. The number of fused-ring (bicyclic) bond motifs is 1. The first kappa shape index (κ1) is 14.0. The third-order valence-corrected chi connectivity index (χ3v) is 4.42. The minimum Gasteiger partial charge on any atom is -0.493 e. The van der Waals surface area contributed by atoms with E-state index in [1.165, 1.54) is 11.1 Å². The van der Waals surface area contributed by atoms with Crippen LogP contribution in [0.25, 0.3) is 0 Å². The van der Waals surface area contributed by atoms with E-state index in [1.807, 2.05) is 12.1 Å². The number of rotatable bonds is 5. The molecule has 0 amide bonds. The van der Waals surface area contributed by atoms with Crippen molar-refractivity contribution in [3.63, 3.8) is 0 Å². The van der Waals surface area contributed by atoms with Gasteiger partial charge in [-0.3, -0.25) is 0 Å². The highest BCUT2D eigenvalue weighted by molar-refractivity contribution is 6.30. The summed E-state index contributed by atoms with van der Waals surface area (Å²) in [7, 11) is 0. The molecule has 0 N–H and O–H groups in total. The third-order valence-electron chi connectivity index (χ3n) is 3.47. The van der Waals surface area contributed by atoms with Crippen LogP contribution in [-0.4, -0.2) is 12.0 Å². The van der Waals surface area contributed by atoms with Crippen molar-refractivity contribution in [2.45, 2.75) is 44.9 Å². The Morgan fingerprint density at radius 2 is 2.11 bits per heavy atom. The molecule has 18 heavy (non-hydrogen) atoms. The summed E-state index contributed by atoms with van der Waals surface area (Å²) in [6.07, 6.45) is 4.11. The number of alkyl halides is 1. The molecule has 1 aromatic rings. The van der Waals surface area contributed by atoms with E-state index in [0.717, 1.165) is 43.1 Å². The average Bonchev–Trinajstić information content (AvgIpc) is 2.76. The van der Waals surface area contributed by atoms with Crippen LogP contribution in [0.2, 0.25) is 5.02 Å². The lowest BCUT2D eigenvalue weighted by molar-refractivity contribution is 0.353. The fourth-order valence-electron chi connectivity index (χ4n) is 2.35. The van der Waals surface area contributed by atoms with Crippen LogP contribution >= 0.6 is 23.2 Å². The van der Waals surface area contributed by atoms with Crippen molar-refractivity contribution in [2.75, 3.05) is 6.61 Å². The van der Waals surface area contributed by atoms with E-state index in [9.17, 15) is 0 Å². The van der Waals surface area contributed by atoms with Crippen LogP contribution in [0.4, 0.5) is 0 Å². The molecular weight excluding hydrogens is 267 g/mol. The Balaban J connectivity index is 1.98. The Labute approximate surface area is 119 Å². The molecule has 3 heteroatoms. The Morgan fingerprint density at radius 3 is 2.83 bits per heavy atom. The lowest BCUT2D eigenvalue weighted by atomic mass is 10.00. The summed E-state index contributed by atoms with van der Waals surface area (Å²) in [4.78, 5) is 0. The lowest BCUT2D eigenvalue weighted by Crippen LogP contribution is -2.07. The van der Waals surface area contributed by atoms with Gasteiger partial charge in [0.15, 0.2) is 0 Å². The molecule has 1 heterocycles. The molecule has 100 valence electrons. The Kier molecular flexibility index (Phi) is 4.80. The molecule has 1 aliphatic heterocycles. The summed E-state index contributed by atoms with van der Waals surface area (Å²) in [5.41, 5.74) is 2.49. The zero-order valence-corrected chi connectivity index (χ0v) is 12.5. The van der Waals surface area contributed by atoms with Crippen molar-refractivity contribution in [3.05, 3.63) is 28.3 Å². The molecule has 1 unspecified atom stereocenters. The van der Waals surface area contributed by atoms with Gasteiger partial charge in [-0.1, -0.05) is 25.4 Å². The smallest absolute Gasteiger partial charge is 0.125 e. The van der Waals surface area contributed by atoms with Gasteiger partial charge in [0.1, 0.15) is 5.75 Å². The van der Waals surface area contributed by atoms with Gasteiger partial charge in [-0.15, -0.1) is 11.6 Å². The van der Waals surface area contributed by atoms with Gasteiger partial charge >= 0.3 is 0 Å². The number of aryl methyl sites for hydroxylation is 1. The van der Waals surface area contributed by atoms with Crippen molar-refractivity contribution >= 4 is 23.2 Å². The molecular formula is C15H20Cl2O. The molecule has 0 bridgehead atoms. The van der Waals surface area contributed by atoms with E-state index >= 15 is 0 Å². The van der Waals surface area contributed by atoms with E-state index in [0.29, 0.717) is 5.92 Å². The number of benzene rings is 1. The minimum atomic E-state index is 0.262. The zero-order chi connectivity index (χ0) is 13.1. The maximum absolute atomic E-state index is 6.27. The molecule has 0 aromatic heterocycles. The summed E-state index contributed by atoms with van der Waals surface area (Å²) in [5.74, 6) is 1.60. The summed E-state index contributed by atoms with van der Waals surface area (Å²) < 4.78 is 5.70. The van der Waals surface area contributed by atoms with Crippen LogP contribution in [-0.2, 0) is 12.8 Å². The second-order valence-electron chi connectivity index (χ2n) is 5.30. The maximum atomic E-state index is 6.27. The first-order valence-corrected chi connectivity index (χ1v) is 7.47.